The first-order valence-electron chi connectivity index (χ1n) is 6.03. The summed E-state index contributed by atoms with van der Waals surface area (Å²) in [6, 6.07) is 0. The summed E-state index contributed by atoms with van der Waals surface area (Å²) < 4.78 is 0. The fraction of sp³-hybridized carbons (Fsp3) is 0.467. The van der Waals surface area contributed by atoms with Crippen LogP contribution in [0, 0.1) is 5.92 Å². The third-order valence-corrected chi connectivity index (χ3v) is 2.52. The van der Waals surface area contributed by atoms with Crippen LogP contribution in [-0.2, 0) is 0 Å². The Hall–Kier alpha value is -1.04. The van der Waals surface area contributed by atoms with E-state index >= 15 is 0 Å². The minimum Gasteiger partial charge on any atom is -0.0882 e. The summed E-state index contributed by atoms with van der Waals surface area (Å²) in [4.78, 5) is 0. The van der Waals surface area contributed by atoms with Crippen LogP contribution in [0.2, 0.25) is 0 Å². The van der Waals surface area contributed by atoms with Crippen molar-refractivity contribution in [1.82, 2.24) is 0 Å². The Balaban J connectivity index is 2.44. The van der Waals surface area contributed by atoms with Gasteiger partial charge >= 0.3 is 0 Å². The van der Waals surface area contributed by atoms with Crippen molar-refractivity contribution in [2.45, 2.75) is 39.0 Å². The van der Waals surface area contributed by atoms with Crippen LogP contribution in [0.15, 0.2) is 48.6 Å². The molecule has 82 valence electrons. The molecule has 0 aliphatic heterocycles. The molecule has 0 fully saturated rings. The van der Waals surface area contributed by atoms with Crippen LogP contribution in [0.3, 0.4) is 0 Å². The predicted molar refractivity (Wildman–Crippen MR) is 68.8 cm³/mol. The van der Waals surface area contributed by atoms with Crippen LogP contribution in [0.25, 0.3) is 0 Å². The smallest absolute Gasteiger partial charge is 0.0227 e. The van der Waals surface area contributed by atoms with Gasteiger partial charge in [-0.1, -0.05) is 55.5 Å². The summed E-state index contributed by atoms with van der Waals surface area (Å²) in [7, 11) is 0. The Labute approximate surface area is 94.1 Å². The van der Waals surface area contributed by atoms with E-state index in [0.29, 0.717) is 5.92 Å². The van der Waals surface area contributed by atoms with E-state index in [-0.39, 0.29) is 0 Å². The fourth-order valence-corrected chi connectivity index (χ4v) is 1.57. The van der Waals surface area contributed by atoms with Crippen molar-refractivity contribution in [3.63, 3.8) is 0 Å². The standard InChI is InChI=1S/C15H22/c1-15-13-11-9-7-5-3-2-4-6-8-10-12-14-15/h2-5,10-13,15H,6-9,14H2,1H3/b4-2+,5-3-,12-10-,13-11-. The first-order valence-corrected chi connectivity index (χ1v) is 6.03. The average molecular weight is 202 g/mol. The van der Waals surface area contributed by atoms with Gasteiger partial charge in [-0.3, -0.25) is 0 Å². The van der Waals surface area contributed by atoms with E-state index in [1.807, 2.05) is 0 Å². The van der Waals surface area contributed by atoms with E-state index in [2.05, 4.69) is 55.5 Å². The summed E-state index contributed by atoms with van der Waals surface area (Å²) >= 11 is 0. The fourth-order valence-electron chi connectivity index (χ4n) is 1.57. The van der Waals surface area contributed by atoms with E-state index in [0.717, 1.165) is 12.8 Å². The lowest BCUT2D eigenvalue weighted by molar-refractivity contribution is 0.737. The van der Waals surface area contributed by atoms with Gasteiger partial charge in [0.05, 0.1) is 0 Å². The maximum atomic E-state index is 2.33. The largest absolute Gasteiger partial charge is 0.0882 e. The zero-order valence-corrected chi connectivity index (χ0v) is 9.73. The molecule has 0 saturated carbocycles. The SMILES string of the molecule is CC1/C=C\CC/C=C\C=C\CC/C=C\C1. The molecule has 1 aliphatic carbocycles. The predicted octanol–water partition coefficient (Wildman–Crippen LogP) is 4.81. The minimum absolute atomic E-state index is 0.684. The molecule has 1 rings (SSSR count). The molecule has 0 N–H and O–H groups in total. The molecule has 1 aliphatic rings. The molecule has 0 bridgehead atoms. The van der Waals surface area contributed by atoms with Crippen molar-refractivity contribution >= 4 is 0 Å². The Bertz CT molecular complexity index is 253. The highest BCUT2D eigenvalue weighted by Crippen LogP contribution is 2.07. The number of allylic oxidation sites excluding steroid dienone is 8. The highest BCUT2D eigenvalue weighted by Gasteiger charge is 1.91. The van der Waals surface area contributed by atoms with Crippen LogP contribution in [0.5, 0.6) is 0 Å². The van der Waals surface area contributed by atoms with Crippen LogP contribution in [-0.4, -0.2) is 0 Å². The third kappa shape index (κ3) is 6.96. The van der Waals surface area contributed by atoms with Crippen molar-refractivity contribution < 1.29 is 0 Å². The molecule has 0 aromatic rings. The van der Waals surface area contributed by atoms with Gasteiger partial charge in [-0.25, -0.2) is 0 Å². The van der Waals surface area contributed by atoms with Crippen LogP contribution >= 0.6 is 0 Å². The summed E-state index contributed by atoms with van der Waals surface area (Å²) in [5, 5.41) is 0. The van der Waals surface area contributed by atoms with Crippen molar-refractivity contribution in [3.05, 3.63) is 48.6 Å². The summed E-state index contributed by atoms with van der Waals surface area (Å²) in [6.45, 7) is 2.28. The first-order chi connectivity index (χ1) is 7.39. The zero-order chi connectivity index (χ0) is 10.8. The number of hydrogen-bond acceptors (Lipinski definition) is 0. The van der Waals surface area contributed by atoms with Crippen LogP contribution in [0.1, 0.15) is 39.0 Å². The molecule has 0 spiro atoms. The molecule has 1 atom stereocenters. The van der Waals surface area contributed by atoms with Crippen LogP contribution < -0.4 is 0 Å². The Morgan fingerprint density at radius 2 is 1.33 bits per heavy atom. The van der Waals surface area contributed by atoms with Gasteiger partial charge in [0.15, 0.2) is 0 Å². The summed E-state index contributed by atoms with van der Waals surface area (Å²) in [6.07, 6.45) is 23.9. The van der Waals surface area contributed by atoms with Crippen molar-refractivity contribution in [2.24, 2.45) is 5.92 Å². The maximum absolute atomic E-state index is 2.33. The molecule has 0 saturated heterocycles. The van der Waals surface area contributed by atoms with Crippen molar-refractivity contribution in [3.8, 4) is 0 Å². The Morgan fingerprint density at radius 1 is 0.733 bits per heavy atom. The molecule has 0 radical (unpaired) electrons. The lowest BCUT2D eigenvalue weighted by Crippen LogP contribution is -1.85. The van der Waals surface area contributed by atoms with E-state index in [9.17, 15) is 0 Å². The van der Waals surface area contributed by atoms with Crippen molar-refractivity contribution in [2.75, 3.05) is 0 Å². The maximum Gasteiger partial charge on any atom is -0.0227 e. The zero-order valence-electron chi connectivity index (χ0n) is 9.73. The molecule has 0 nitrogen and oxygen atoms in total. The number of hydrogen-bond donors (Lipinski definition) is 0. The second kappa shape index (κ2) is 8.28. The highest BCUT2D eigenvalue weighted by molar-refractivity contribution is 5.04. The molecule has 0 aromatic carbocycles. The molecule has 0 heterocycles. The van der Waals surface area contributed by atoms with E-state index in [1.165, 1.54) is 19.3 Å². The van der Waals surface area contributed by atoms with Gasteiger partial charge in [0, 0.05) is 0 Å². The second-order valence-corrected chi connectivity index (χ2v) is 4.12. The highest BCUT2D eigenvalue weighted by atomic mass is 14.0. The van der Waals surface area contributed by atoms with Gasteiger partial charge in [0.2, 0.25) is 0 Å². The topological polar surface area (TPSA) is 0 Å². The van der Waals surface area contributed by atoms with Crippen molar-refractivity contribution in [1.29, 1.82) is 0 Å². The van der Waals surface area contributed by atoms with Gasteiger partial charge in [-0.2, -0.15) is 0 Å². The molecular weight excluding hydrogens is 180 g/mol. The van der Waals surface area contributed by atoms with Gasteiger partial charge in [0.25, 0.3) is 0 Å². The molecule has 0 amide bonds. The summed E-state index contributed by atoms with van der Waals surface area (Å²) in [5.74, 6) is 0.684. The third-order valence-electron chi connectivity index (χ3n) is 2.52. The normalized spacial score (nSPS) is 32.5. The Morgan fingerprint density at radius 3 is 2.07 bits per heavy atom. The van der Waals surface area contributed by atoms with E-state index in [1.54, 1.807) is 0 Å². The molecular formula is C15H22. The first kappa shape index (κ1) is 12.0. The molecule has 1 unspecified atom stereocenters. The lowest BCUT2D eigenvalue weighted by atomic mass is 10.1. The molecule has 0 aromatic heterocycles. The van der Waals surface area contributed by atoms with Gasteiger partial charge in [-0.05, 0) is 38.0 Å². The van der Waals surface area contributed by atoms with Gasteiger partial charge in [0.1, 0.15) is 0 Å². The Kier molecular flexibility index (Phi) is 6.64. The number of rotatable bonds is 0. The quantitative estimate of drug-likeness (QED) is 0.494. The minimum atomic E-state index is 0.684. The van der Waals surface area contributed by atoms with E-state index in [4.69, 9.17) is 0 Å². The molecule has 15 heavy (non-hydrogen) atoms. The monoisotopic (exact) mass is 202 g/mol. The van der Waals surface area contributed by atoms with Gasteiger partial charge in [-0.15, -0.1) is 0 Å². The lowest BCUT2D eigenvalue weighted by Gasteiger charge is -2.00. The second-order valence-electron chi connectivity index (χ2n) is 4.12. The van der Waals surface area contributed by atoms with E-state index < -0.39 is 0 Å². The summed E-state index contributed by atoms with van der Waals surface area (Å²) in [5.41, 5.74) is 0. The van der Waals surface area contributed by atoms with Gasteiger partial charge < -0.3 is 0 Å². The average Bonchev–Trinajstić information content (AvgIpc) is 2.24. The van der Waals surface area contributed by atoms with Crippen LogP contribution in [0.4, 0.5) is 0 Å². The molecule has 0 heteroatoms.